The number of benzene rings is 2. The van der Waals surface area contributed by atoms with Crippen LogP contribution < -0.4 is 0 Å². The monoisotopic (exact) mass is 517 g/mol. The smallest absolute Gasteiger partial charge is 0.374 e. The molecule has 0 bridgehead atoms. The zero-order valence-corrected chi connectivity index (χ0v) is 19.8. The number of halogens is 6. The van der Waals surface area contributed by atoms with Crippen LogP contribution in [0.25, 0.3) is 0 Å². The molecule has 33 heavy (non-hydrogen) atoms. The maximum atomic E-state index is 14.2. The average Bonchev–Trinajstić information content (AvgIpc) is 3.43. The maximum absolute atomic E-state index is 14.2. The van der Waals surface area contributed by atoms with Crippen molar-refractivity contribution in [3.8, 4) is 0 Å². The number of carbonyl (C=O) groups excluding carboxylic acids is 1. The van der Waals surface area contributed by atoms with Crippen molar-refractivity contribution in [2.24, 2.45) is 11.1 Å². The van der Waals surface area contributed by atoms with Gasteiger partial charge in [0.05, 0.1) is 5.71 Å². The van der Waals surface area contributed by atoms with Gasteiger partial charge in [-0.05, 0) is 60.7 Å². The standard InChI is InChI=1S/C24H21Cl3F3NO2/c25-18-10-17(11-19(26)12-18)23(24(28,29)30)13-21(31-33-23)16-5-7-20(27)15(9-16)6-8-22(32)14-3-1-2-4-14/h5,7,9-12,14H,1-4,6,8,13H2. The average molecular weight is 519 g/mol. The molecule has 0 saturated heterocycles. The van der Waals surface area contributed by atoms with Crippen LogP contribution in [0.1, 0.15) is 55.2 Å². The fraction of sp³-hybridized carbons (Fsp3) is 0.417. The largest absolute Gasteiger partial charge is 0.435 e. The van der Waals surface area contributed by atoms with E-state index < -0.39 is 18.2 Å². The van der Waals surface area contributed by atoms with Crippen molar-refractivity contribution in [2.45, 2.75) is 56.7 Å². The van der Waals surface area contributed by atoms with Crippen LogP contribution in [0.4, 0.5) is 13.2 Å². The molecular weight excluding hydrogens is 498 g/mol. The zero-order valence-electron chi connectivity index (χ0n) is 17.5. The first kappa shape index (κ1) is 24.4. The Morgan fingerprint density at radius 1 is 1.06 bits per heavy atom. The first-order valence-electron chi connectivity index (χ1n) is 10.7. The van der Waals surface area contributed by atoms with Gasteiger partial charge in [0.2, 0.25) is 0 Å². The number of oxime groups is 1. The molecule has 2 aromatic rings. The first-order chi connectivity index (χ1) is 15.6. The minimum atomic E-state index is -4.77. The second-order valence-electron chi connectivity index (χ2n) is 8.54. The number of carbonyl (C=O) groups is 1. The Morgan fingerprint density at radius 3 is 2.36 bits per heavy atom. The van der Waals surface area contributed by atoms with Crippen LogP contribution in [0.15, 0.2) is 41.6 Å². The normalized spacial score (nSPS) is 21.2. The van der Waals surface area contributed by atoms with Crippen molar-refractivity contribution in [1.82, 2.24) is 0 Å². The highest BCUT2D eigenvalue weighted by Crippen LogP contribution is 2.49. The summed E-state index contributed by atoms with van der Waals surface area (Å²) in [5, 5.41) is 4.39. The summed E-state index contributed by atoms with van der Waals surface area (Å²) < 4.78 is 42.6. The van der Waals surface area contributed by atoms with Crippen LogP contribution in [-0.4, -0.2) is 17.7 Å². The second kappa shape index (κ2) is 9.47. The lowest BCUT2D eigenvalue weighted by Gasteiger charge is -2.29. The number of alkyl halides is 3. The van der Waals surface area contributed by atoms with Gasteiger partial charge in [-0.25, -0.2) is 0 Å². The van der Waals surface area contributed by atoms with Gasteiger partial charge in [-0.1, -0.05) is 58.9 Å². The van der Waals surface area contributed by atoms with Crippen LogP contribution in [0.5, 0.6) is 0 Å². The number of aryl methyl sites for hydroxylation is 1. The van der Waals surface area contributed by atoms with Gasteiger partial charge in [-0.15, -0.1) is 0 Å². The summed E-state index contributed by atoms with van der Waals surface area (Å²) in [6.45, 7) is 0. The summed E-state index contributed by atoms with van der Waals surface area (Å²) in [5.41, 5.74) is -1.64. The molecule has 176 valence electrons. The van der Waals surface area contributed by atoms with Crippen molar-refractivity contribution in [1.29, 1.82) is 0 Å². The molecule has 2 aliphatic rings. The van der Waals surface area contributed by atoms with Gasteiger partial charge in [-0.2, -0.15) is 13.2 Å². The van der Waals surface area contributed by atoms with Gasteiger partial charge < -0.3 is 4.84 Å². The molecule has 9 heteroatoms. The Hall–Kier alpha value is -1.76. The molecule has 1 atom stereocenters. The van der Waals surface area contributed by atoms with E-state index in [0.717, 1.165) is 25.7 Å². The summed E-state index contributed by atoms with van der Waals surface area (Å²) in [6.07, 6.45) is -0.544. The molecule has 0 radical (unpaired) electrons. The lowest BCUT2D eigenvalue weighted by Crippen LogP contribution is -2.42. The molecule has 1 aliphatic carbocycles. The summed E-state index contributed by atoms with van der Waals surface area (Å²) in [5.74, 6) is 0.320. The van der Waals surface area contributed by atoms with Gasteiger partial charge in [-0.3, -0.25) is 4.79 Å². The molecule has 1 fully saturated rings. The summed E-state index contributed by atoms with van der Waals surface area (Å²) in [6, 6.07) is 8.61. The van der Waals surface area contributed by atoms with Crippen molar-refractivity contribution < 1.29 is 22.8 Å². The highest BCUT2D eigenvalue weighted by Gasteiger charge is 2.62. The van der Waals surface area contributed by atoms with E-state index in [1.165, 1.54) is 18.2 Å². The lowest BCUT2D eigenvalue weighted by molar-refractivity contribution is -0.275. The number of Topliss-reactive ketones (excluding diaryl/α,β-unsaturated/α-hetero) is 1. The fourth-order valence-electron chi connectivity index (χ4n) is 4.50. The molecule has 0 aromatic heterocycles. The van der Waals surface area contributed by atoms with Crippen LogP contribution in [0, 0.1) is 5.92 Å². The summed E-state index contributed by atoms with van der Waals surface area (Å²) in [4.78, 5) is 17.5. The van der Waals surface area contributed by atoms with Crippen LogP contribution in [-0.2, 0) is 21.7 Å². The number of ketones is 1. The Bertz CT molecular complexity index is 1080. The van der Waals surface area contributed by atoms with E-state index in [1.54, 1.807) is 18.2 Å². The van der Waals surface area contributed by atoms with E-state index in [9.17, 15) is 18.0 Å². The topological polar surface area (TPSA) is 38.7 Å². The van der Waals surface area contributed by atoms with Crippen LogP contribution >= 0.6 is 34.8 Å². The van der Waals surface area contributed by atoms with Gasteiger partial charge in [0, 0.05) is 39.4 Å². The summed E-state index contributed by atoms with van der Waals surface area (Å²) >= 11 is 18.2. The number of hydrogen-bond acceptors (Lipinski definition) is 3. The van der Waals surface area contributed by atoms with Crippen molar-refractivity contribution in [3.63, 3.8) is 0 Å². The van der Waals surface area contributed by atoms with Crippen molar-refractivity contribution in [2.75, 3.05) is 0 Å². The Balaban J connectivity index is 1.57. The first-order valence-corrected chi connectivity index (χ1v) is 11.8. The number of nitrogens with zero attached hydrogens (tertiary/aromatic N) is 1. The number of hydrogen-bond donors (Lipinski definition) is 0. The van der Waals surface area contributed by atoms with E-state index in [0.29, 0.717) is 29.0 Å². The Kier molecular flexibility index (Phi) is 7.00. The van der Waals surface area contributed by atoms with E-state index in [-0.39, 0.29) is 33.0 Å². The Morgan fingerprint density at radius 2 is 1.73 bits per heavy atom. The molecule has 3 nitrogen and oxygen atoms in total. The highest BCUT2D eigenvalue weighted by atomic mass is 35.5. The molecule has 0 spiro atoms. The minimum absolute atomic E-state index is 0.0684. The van der Waals surface area contributed by atoms with Gasteiger partial charge in [0.25, 0.3) is 5.60 Å². The van der Waals surface area contributed by atoms with E-state index in [2.05, 4.69) is 5.16 Å². The predicted octanol–water partition coefficient (Wildman–Crippen LogP) is 7.92. The van der Waals surface area contributed by atoms with Gasteiger partial charge >= 0.3 is 6.18 Å². The van der Waals surface area contributed by atoms with E-state index >= 15 is 0 Å². The molecule has 4 rings (SSSR count). The molecule has 1 unspecified atom stereocenters. The minimum Gasteiger partial charge on any atom is -0.374 e. The second-order valence-corrected chi connectivity index (χ2v) is 9.82. The Labute approximate surface area is 204 Å². The SMILES string of the molecule is O=C(CCc1cc(C2=NOC(c3cc(Cl)cc(Cl)c3)(C(F)(F)F)C2)ccc1Cl)C1CCCC1. The van der Waals surface area contributed by atoms with Crippen molar-refractivity contribution in [3.05, 3.63) is 68.2 Å². The molecule has 0 N–H and O–H groups in total. The molecular formula is C24H21Cl3F3NO2. The van der Waals surface area contributed by atoms with E-state index in [1.807, 2.05) is 0 Å². The van der Waals surface area contributed by atoms with Crippen LogP contribution in [0.3, 0.4) is 0 Å². The number of rotatable bonds is 6. The fourth-order valence-corrected chi connectivity index (χ4v) is 5.24. The third-order valence-electron chi connectivity index (χ3n) is 6.35. The molecule has 0 amide bonds. The molecule has 1 saturated carbocycles. The third-order valence-corrected chi connectivity index (χ3v) is 7.15. The van der Waals surface area contributed by atoms with Gasteiger partial charge in [0.15, 0.2) is 0 Å². The molecule has 2 aromatic carbocycles. The van der Waals surface area contributed by atoms with Crippen molar-refractivity contribution >= 4 is 46.3 Å². The zero-order chi connectivity index (χ0) is 23.8. The van der Waals surface area contributed by atoms with Crippen LogP contribution in [0.2, 0.25) is 15.1 Å². The lowest BCUT2D eigenvalue weighted by atomic mass is 9.86. The summed E-state index contributed by atoms with van der Waals surface area (Å²) in [7, 11) is 0. The van der Waals surface area contributed by atoms with Gasteiger partial charge in [0.1, 0.15) is 5.78 Å². The quantitative estimate of drug-likeness (QED) is 0.389. The molecule has 1 heterocycles. The highest BCUT2D eigenvalue weighted by molar-refractivity contribution is 6.34. The maximum Gasteiger partial charge on any atom is 0.435 e. The third kappa shape index (κ3) is 5.03. The predicted molar refractivity (Wildman–Crippen MR) is 123 cm³/mol. The van der Waals surface area contributed by atoms with E-state index in [4.69, 9.17) is 39.6 Å². The molecule has 1 aliphatic heterocycles.